The molecule has 0 atom stereocenters. The van der Waals surface area contributed by atoms with Crippen LogP contribution in [0.1, 0.15) is 45.6 Å². The average Bonchev–Trinajstić information content (AvgIpc) is 2.26. The van der Waals surface area contributed by atoms with Gasteiger partial charge in [0.1, 0.15) is 0 Å². The van der Waals surface area contributed by atoms with E-state index in [4.69, 9.17) is 0 Å². The summed E-state index contributed by atoms with van der Waals surface area (Å²) in [5.41, 5.74) is 1.32. The molecule has 16 heavy (non-hydrogen) atoms. The van der Waals surface area contributed by atoms with Crippen LogP contribution in [-0.2, 0) is 0 Å². The topological polar surface area (TPSA) is 0 Å². The molecule has 1 rings (SSSR count). The maximum Gasteiger partial charge on any atom is 0.00345 e. The van der Waals surface area contributed by atoms with Crippen molar-refractivity contribution in [1.82, 2.24) is 0 Å². The maximum absolute atomic E-state index is 2.33. The van der Waals surface area contributed by atoms with Crippen LogP contribution in [-0.4, -0.2) is 5.25 Å². The number of thioether (sulfide) groups is 1. The van der Waals surface area contributed by atoms with E-state index in [2.05, 4.69) is 57.2 Å². The summed E-state index contributed by atoms with van der Waals surface area (Å²) >= 11 is 2.00. The number of unbranched alkanes of at least 4 members (excludes halogenated alkanes) is 1. The van der Waals surface area contributed by atoms with Crippen LogP contribution < -0.4 is 0 Å². The summed E-state index contributed by atoms with van der Waals surface area (Å²) in [5.74, 6) is 0. The quantitative estimate of drug-likeness (QED) is 0.638. The summed E-state index contributed by atoms with van der Waals surface area (Å²) in [6.07, 6.45) is 6.11. The fourth-order valence-corrected chi connectivity index (χ4v) is 2.63. The minimum absolute atomic E-state index is 0.673. The fraction of sp³-hybridized carbons (Fsp3) is 0.467. The summed E-state index contributed by atoms with van der Waals surface area (Å²) in [7, 11) is 0. The lowest BCUT2D eigenvalue weighted by atomic mass is 10.1. The largest absolute Gasteiger partial charge is 0.128 e. The Balaban J connectivity index is 2.70. The number of allylic oxidation sites excluding steroid dienone is 1. The molecule has 1 aromatic rings. The molecule has 0 unspecified atom stereocenters. The van der Waals surface area contributed by atoms with Crippen molar-refractivity contribution in [3.8, 4) is 0 Å². The van der Waals surface area contributed by atoms with Gasteiger partial charge in [0, 0.05) is 5.25 Å². The van der Waals surface area contributed by atoms with E-state index in [9.17, 15) is 0 Å². The zero-order valence-electron chi connectivity index (χ0n) is 10.6. The van der Waals surface area contributed by atoms with Crippen molar-refractivity contribution < 1.29 is 0 Å². The van der Waals surface area contributed by atoms with Crippen LogP contribution in [0.4, 0.5) is 0 Å². The number of hydrogen-bond donors (Lipinski definition) is 0. The summed E-state index contributed by atoms with van der Waals surface area (Å²) in [6.45, 7) is 6.77. The Morgan fingerprint density at radius 1 is 1.25 bits per heavy atom. The van der Waals surface area contributed by atoms with E-state index in [0.717, 1.165) is 0 Å². The Morgan fingerprint density at radius 2 is 1.94 bits per heavy atom. The smallest absolute Gasteiger partial charge is 0.00345 e. The lowest BCUT2D eigenvalue weighted by Gasteiger charge is -2.09. The molecule has 88 valence electrons. The minimum Gasteiger partial charge on any atom is -0.128 e. The third-order valence-electron chi connectivity index (χ3n) is 2.29. The van der Waals surface area contributed by atoms with Gasteiger partial charge in [0.05, 0.1) is 0 Å². The molecule has 0 saturated carbocycles. The highest BCUT2D eigenvalue weighted by Gasteiger charge is 2.02. The number of hydrogen-bond acceptors (Lipinski definition) is 1. The Hall–Kier alpha value is -0.690. The van der Waals surface area contributed by atoms with Crippen LogP contribution >= 0.6 is 11.8 Å². The Labute approximate surface area is 104 Å². The normalized spacial score (nSPS) is 12.1. The Kier molecular flexibility index (Phi) is 6.32. The highest BCUT2D eigenvalue weighted by Crippen LogP contribution is 2.28. The van der Waals surface area contributed by atoms with Gasteiger partial charge >= 0.3 is 0 Å². The zero-order chi connectivity index (χ0) is 11.8. The van der Waals surface area contributed by atoms with Crippen molar-refractivity contribution in [2.24, 2.45) is 0 Å². The van der Waals surface area contributed by atoms with Crippen LogP contribution in [0.2, 0.25) is 0 Å². The van der Waals surface area contributed by atoms with E-state index < -0.39 is 0 Å². The van der Waals surface area contributed by atoms with Gasteiger partial charge in [0.2, 0.25) is 0 Å². The van der Waals surface area contributed by atoms with Gasteiger partial charge in [-0.3, -0.25) is 0 Å². The van der Waals surface area contributed by atoms with Gasteiger partial charge in [0.15, 0.2) is 0 Å². The number of benzene rings is 1. The molecule has 0 aromatic heterocycles. The van der Waals surface area contributed by atoms with Gasteiger partial charge in [-0.25, -0.2) is 0 Å². The highest BCUT2D eigenvalue weighted by atomic mass is 32.2. The van der Waals surface area contributed by atoms with Crippen molar-refractivity contribution in [1.29, 1.82) is 0 Å². The average molecular weight is 234 g/mol. The predicted octanol–water partition coefficient (Wildman–Crippen LogP) is 5.36. The highest BCUT2D eigenvalue weighted by molar-refractivity contribution is 8.03. The van der Waals surface area contributed by atoms with Crippen LogP contribution in [0.15, 0.2) is 35.2 Å². The van der Waals surface area contributed by atoms with E-state index in [1.807, 2.05) is 11.8 Å². The van der Waals surface area contributed by atoms with Crippen molar-refractivity contribution >= 4 is 17.8 Å². The molecule has 0 fully saturated rings. The van der Waals surface area contributed by atoms with Crippen LogP contribution in [0.5, 0.6) is 0 Å². The SMILES string of the molecule is CCCC/C(=C\c1ccccc1)SC(C)C. The third kappa shape index (κ3) is 5.41. The van der Waals surface area contributed by atoms with Gasteiger partial charge < -0.3 is 0 Å². The van der Waals surface area contributed by atoms with Crippen molar-refractivity contribution in [3.05, 3.63) is 40.8 Å². The standard InChI is InChI=1S/C15H22S/c1-4-5-11-15(16-13(2)3)12-14-9-7-6-8-10-14/h6-10,12-13H,4-5,11H2,1-3H3/b15-12+. The van der Waals surface area contributed by atoms with Gasteiger partial charge in [-0.1, -0.05) is 57.5 Å². The maximum atomic E-state index is 2.33. The van der Waals surface area contributed by atoms with Gasteiger partial charge in [-0.2, -0.15) is 0 Å². The lowest BCUT2D eigenvalue weighted by Crippen LogP contribution is -1.89. The van der Waals surface area contributed by atoms with Gasteiger partial charge in [-0.15, -0.1) is 11.8 Å². The second-order valence-corrected chi connectivity index (χ2v) is 5.99. The lowest BCUT2D eigenvalue weighted by molar-refractivity contribution is 0.810. The van der Waals surface area contributed by atoms with E-state index in [1.54, 1.807) is 0 Å². The molecule has 1 heteroatoms. The summed E-state index contributed by atoms with van der Waals surface area (Å²) in [5, 5.41) is 0.673. The first kappa shape index (κ1) is 13.4. The molecule has 0 aliphatic heterocycles. The Morgan fingerprint density at radius 3 is 2.50 bits per heavy atom. The predicted molar refractivity (Wildman–Crippen MR) is 76.7 cm³/mol. The van der Waals surface area contributed by atoms with Crippen molar-refractivity contribution in [2.75, 3.05) is 0 Å². The van der Waals surface area contributed by atoms with E-state index >= 15 is 0 Å². The van der Waals surface area contributed by atoms with E-state index in [-0.39, 0.29) is 0 Å². The van der Waals surface area contributed by atoms with E-state index in [0.29, 0.717) is 5.25 Å². The molecule has 0 N–H and O–H groups in total. The molecule has 0 heterocycles. The summed E-state index contributed by atoms with van der Waals surface area (Å²) in [6, 6.07) is 10.6. The second kappa shape index (κ2) is 7.56. The Bertz CT molecular complexity index is 311. The minimum atomic E-state index is 0.673. The molecule has 0 spiro atoms. The van der Waals surface area contributed by atoms with Gasteiger partial charge in [0.25, 0.3) is 0 Å². The number of rotatable bonds is 6. The molecule has 0 aliphatic carbocycles. The van der Waals surface area contributed by atoms with Crippen molar-refractivity contribution in [2.45, 2.75) is 45.3 Å². The van der Waals surface area contributed by atoms with Crippen molar-refractivity contribution in [3.63, 3.8) is 0 Å². The molecule has 0 nitrogen and oxygen atoms in total. The summed E-state index contributed by atoms with van der Waals surface area (Å²) < 4.78 is 0. The molecule has 0 bridgehead atoms. The molecule has 0 radical (unpaired) electrons. The van der Waals surface area contributed by atoms with Crippen LogP contribution in [0.25, 0.3) is 6.08 Å². The van der Waals surface area contributed by atoms with Crippen LogP contribution in [0, 0.1) is 0 Å². The molecular weight excluding hydrogens is 212 g/mol. The fourth-order valence-electron chi connectivity index (χ4n) is 1.55. The van der Waals surface area contributed by atoms with Gasteiger partial charge in [-0.05, 0) is 29.4 Å². The summed E-state index contributed by atoms with van der Waals surface area (Å²) in [4.78, 5) is 1.52. The first-order valence-corrected chi connectivity index (χ1v) is 7.02. The third-order valence-corrected chi connectivity index (χ3v) is 3.39. The second-order valence-electron chi connectivity index (χ2n) is 4.29. The zero-order valence-corrected chi connectivity index (χ0v) is 11.4. The van der Waals surface area contributed by atoms with E-state index in [1.165, 1.54) is 29.7 Å². The van der Waals surface area contributed by atoms with Crippen LogP contribution in [0.3, 0.4) is 0 Å². The first-order valence-electron chi connectivity index (χ1n) is 6.14. The molecule has 0 amide bonds. The molecule has 0 saturated heterocycles. The monoisotopic (exact) mass is 234 g/mol. The first-order chi connectivity index (χ1) is 7.72. The molecule has 0 aliphatic rings. The molecular formula is C15H22S. The molecule has 1 aromatic carbocycles.